The molecule has 0 atom stereocenters. The van der Waals surface area contributed by atoms with Gasteiger partial charge in [-0.1, -0.05) is 23.7 Å². The van der Waals surface area contributed by atoms with Gasteiger partial charge in [-0.3, -0.25) is 9.59 Å². The van der Waals surface area contributed by atoms with Gasteiger partial charge in [0.2, 0.25) is 5.91 Å². The van der Waals surface area contributed by atoms with Gasteiger partial charge in [0.05, 0.1) is 31.5 Å². The Morgan fingerprint density at radius 2 is 1.86 bits per heavy atom. The fourth-order valence-electron chi connectivity index (χ4n) is 3.23. The van der Waals surface area contributed by atoms with E-state index in [0.29, 0.717) is 17.0 Å². The second-order valence-corrected chi connectivity index (χ2v) is 7.66. The zero-order valence-electron chi connectivity index (χ0n) is 19.8. The van der Waals surface area contributed by atoms with Crippen LogP contribution in [0.15, 0.2) is 42.1 Å². The van der Waals surface area contributed by atoms with Crippen LogP contribution in [0.25, 0.3) is 6.08 Å². The lowest BCUT2D eigenvalue weighted by molar-refractivity contribution is -0.143. The summed E-state index contributed by atoms with van der Waals surface area (Å²) in [5.41, 5.74) is 0.755. The van der Waals surface area contributed by atoms with E-state index in [9.17, 15) is 19.2 Å². The zero-order chi connectivity index (χ0) is 26.2. The first-order chi connectivity index (χ1) is 17.3. The first kappa shape index (κ1) is 26.4. The molecule has 12 heteroatoms. The predicted molar refractivity (Wildman–Crippen MR) is 130 cm³/mol. The minimum Gasteiger partial charge on any atom is -0.495 e. The van der Waals surface area contributed by atoms with Gasteiger partial charge >= 0.3 is 12.0 Å². The number of hydrogen-bond donors (Lipinski definition) is 2. The van der Waals surface area contributed by atoms with Crippen LogP contribution < -0.4 is 24.8 Å². The summed E-state index contributed by atoms with van der Waals surface area (Å²) in [6, 6.07) is 9.00. The molecular formula is C24H24ClN3O8. The molecule has 2 N–H and O–H groups in total. The quantitative estimate of drug-likeness (QED) is 0.279. The fraction of sp³-hybridized carbons (Fsp3) is 0.250. The summed E-state index contributed by atoms with van der Waals surface area (Å²) in [6.45, 7) is 1.13. The lowest BCUT2D eigenvalue weighted by Crippen LogP contribution is -2.38. The molecule has 0 aliphatic carbocycles. The molecule has 1 heterocycles. The summed E-state index contributed by atoms with van der Waals surface area (Å²) in [5, 5.41) is 5.17. The smallest absolute Gasteiger partial charge is 0.343 e. The first-order valence-electron chi connectivity index (χ1n) is 10.7. The summed E-state index contributed by atoms with van der Waals surface area (Å²) < 4.78 is 20.7. The number of imide groups is 1. The second-order valence-electron chi connectivity index (χ2n) is 7.26. The van der Waals surface area contributed by atoms with Crippen LogP contribution in [0.1, 0.15) is 12.5 Å². The number of urea groups is 1. The number of carbonyl (C=O) groups excluding carboxylic acids is 4. The molecule has 1 aliphatic heterocycles. The van der Waals surface area contributed by atoms with Crippen LogP contribution in [0.5, 0.6) is 17.2 Å². The van der Waals surface area contributed by atoms with Crippen molar-refractivity contribution in [2.24, 2.45) is 0 Å². The molecule has 11 nitrogen and oxygen atoms in total. The molecule has 2 aromatic carbocycles. The molecule has 0 spiro atoms. The number of methoxy groups -OCH3 is 2. The monoisotopic (exact) mass is 517 g/mol. The highest BCUT2D eigenvalue weighted by molar-refractivity contribution is 6.32. The van der Waals surface area contributed by atoms with E-state index < -0.39 is 30.4 Å². The maximum Gasteiger partial charge on any atom is 0.343 e. The van der Waals surface area contributed by atoms with Crippen molar-refractivity contribution in [1.82, 2.24) is 10.2 Å². The average Bonchev–Trinajstić information content (AvgIpc) is 3.11. The molecule has 0 aromatic heterocycles. The highest BCUT2D eigenvalue weighted by Crippen LogP contribution is 2.37. The van der Waals surface area contributed by atoms with Gasteiger partial charge in [0.1, 0.15) is 18.0 Å². The van der Waals surface area contributed by atoms with Crippen molar-refractivity contribution in [3.8, 4) is 17.2 Å². The fourth-order valence-corrected chi connectivity index (χ4v) is 3.50. The predicted octanol–water partition coefficient (Wildman–Crippen LogP) is 2.83. The summed E-state index contributed by atoms with van der Waals surface area (Å²) in [4.78, 5) is 49.9. The lowest BCUT2D eigenvalue weighted by atomic mass is 10.1. The molecule has 2 aromatic rings. The van der Waals surface area contributed by atoms with Gasteiger partial charge in [0, 0.05) is 0 Å². The van der Waals surface area contributed by atoms with Crippen molar-refractivity contribution in [1.29, 1.82) is 0 Å². The molecule has 36 heavy (non-hydrogen) atoms. The van der Waals surface area contributed by atoms with Gasteiger partial charge in [0.25, 0.3) is 5.91 Å². The van der Waals surface area contributed by atoms with Crippen LogP contribution in [0.4, 0.5) is 10.5 Å². The molecular weight excluding hydrogens is 494 g/mol. The lowest BCUT2D eigenvalue weighted by Gasteiger charge is -2.14. The molecule has 0 radical (unpaired) electrons. The van der Waals surface area contributed by atoms with E-state index in [1.54, 1.807) is 31.2 Å². The molecule has 190 valence electrons. The molecule has 1 aliphatic rings. The second kappa shape index (κ2) is 11.9. The van der Waals surface area contributed by atoms with Gasteiger partial charge in [-0.15, -0.1) is 0 Å². The Morgan fingerprint density at radius 1 is 1.11 bits per heavy atom. The van der Waals surface area contributed by atoms with E-state index in [1.165, 1.54) is 32.4 Å². The van der Waals surface area contributed by atoms with Gasteiger partial charge < -0.3 is 29.6 Å². The third-order valence-corrected chi connectivity index (χ3v) is 5.13. The van der Waals surface area contributed by atoms with Crippen LogP contribution in [0.2, 0.25) is 5.02 Å². The molecule has 4 amide bonds. The highest BCUT2D eigenvalue weighted by atomic mass is 35.5. The van der Waals surface area contributed by atoms with Crippen LogP contribution in [0.3, 0.4) is 0 Å². The average molecular weight is 518 g/mol. The number of nitrogens with zero attached hydrogens (tertiary/aromatic N) is 1. The Balaban J connectivity index is 1.77. The third kappa shape index (κ3) is 6.25. The van der Waals surface area contributed by atoms with Crippen LogP contribution >= 0.6 is 11.6 Å². The minimum atomic E-state index is -0.754. The van der Waals surface area contributed by atoms with E-state index in [0.717, 1.165) is 4.90 Å². The van der Waals surface area contributed by atoms with E-state index in [2.05, 4.69) is 15.4 Å². The molecule has 0 saturated carbocycles. The van der Waals surface area contributed by atoms with Crippen molar-refractivity contribution in [2.45, 2.75) is 6.92 Å². The number of amides is 4. The standard InChI is InChI=1S/C24H24ClN3O8/c1-4-35-19-11-14(9-15(25)22(19)36-13-21(30)34-3)10-17-23(31)28(24(32)27-17)12-20(29)26-16-7-5-6-8-18(16)33-2/h5-11H,4,12-13H2,1-3H3,(H,26,29)(H,27,32)/b17-10+. The molecule has 0 bridgehead atoms. The number of esters is 1. The summed E-state index contributed by atoms with van der Waals surface area (Å²) in [7, 11) is 2.69. The Labute approximate surface area is 211 Å². The summed E-state index contributed by atoms with van der Waals surface area (Å²) in [6.07, 6.45) is 1.39. The topological polar surface area (TPSA) is 132 Å². The Morgan fingerprint density at radius 3 is 2.56 bits per heavy atom. The number of para-hydroxylation sites is 2. The highest BCUT2D eigenvalue weighted by Gasteiger charge is 2.35. The number of benzene rings is 2. The molecule has 3 rings (SSSR count). The van der Waals surface area contributed by atoms with Gasteiger partial charge in [-0.2, -0.15) is 0 Å². The summed E-state index contributed by atoms with van der Waals surface area (Å²) >= 11 is 6.31. The number of halogens is 1. The Bertz CT molecular complexity index is 1210. The molecule has 1 saturated heterocycles. The number of carbonyl (C=O) groups is 4. The minimum absolute atomic E-state index is 0.0631. The maximum atomic E-state index is 12.8. The van der Waals surface area contributed by atoms with Crippen molar-refractivity contribution < 1.29 is 38.1 Å². The number of rotatable bonds is 10. The maximum absolute atomic E-state index is 12.8. The van der Waals surface area contributed by atoms with E-state index in [4.69, 9.17) is 25.8 Å². The van der Waals surface area contributed by atoms with Crippen molar-refractivity contribution >= 4 is 47.2 Å². The Kier molecular flexibility index (Phi) is 8.74. The number of nitrogens with one attached hydrogen (secondary N) is 2. The van der Waals surface area contributed by atoms with Crippen molar-refractivity contribution in [3.05, 3.63) is 52.7 Å². The van der Waals surface area contributed by atoms with E-state index in [1.807, 2.05) is 0 Å². The number of ether oxygens (including phenoxy) is 4. The van der Waals surface area contributed by atoms with Gasteiger partial charge in [0.15, 0.2) is 18.1 Å². The summed E-state index contributed by atoms with van der Waals surface area (Å²) in [5.74, 6) is -1.10. The van der Waals surface area contributed by atoms with Crippen molar-refractivity contribution in [2.75, 3.05) is 39.3 Å². The van der Waals surface area contributed by atoms with Gasteiger partial charge in [-0.25, -0.2) is 14.5 Å². The Hall–Kier alpha value is -4.25. The third-order valence-electron chi connectivity index (χ3n) is 4.85. The van der Waals surface area contributed by atoms with Crippen LogP contribution in [-0.2, 0) is 19.1 Å². The first-order valence-corrected chi connectivity index (χ1v) is 11.1. The van der Waals surface area contributed by atoms with Crippen LogP contribution in [0, 0.1) is 0 Å². The molecule has 0 unspecified atom stereocenters. The largest absolute Gasteiger partial charge is 0.495 e. The number of anilines is 1. The van der Waals surface area contributed by atoms with Crippen molar-refractivity contribution in [3.63, 3.8) is 0 Å². The van der Waals surface area contributed by atoms with E-state index >= 15 is 0 Å². The van der Waals surface area contributed by atoms with Gasteiger partial charge in [-0.05, 0) is 42.8 Å². The van der Waals surface area contributed by atoms with Crippen LogP contribution in [-0.4, -0.2) is 62.7 Å². The normalized spacial score (nSPS) is 13.9. The zero-order valence-corrected chi connectivity index (χ0v) is 20.5. The molecule has 1 fully saturated rings. The number of hydrogen-bond acceptors (Lipinski definition) is 8. The van der Waals surface area contributed by atoms with E-state index in [-0.39, 0.29) is 35.4 Å². The SMILES string of the molecule is CCOc1cc(/C=C2/NC(=O)N(CC(=O)Nc3ccccc3OC)C2=O)cc(Cl)c1OCC(=O)OC.